The standard InChI is InChI=1S/C7H11F2NO2/c1-2-12-5-3-4-10-7(11)6(8)9/h2,6H,1,3-5H2,(H,10,11). The maximum absolute atomic E-state index is 11.5. The van der Waals surface area contributed by atoms with Gasteiger partial charge in [-0.2, -0.15) is 8.78 Å². The minimum absolute atomic E-state index is 0.191. The van der Waals surface area contributed by atoms with Crippen LogP contribution in [0.15, 0.2) is 12.8 Å². The highest BCUT2D eigenvalue weighted by atomic mass is 19.3. The Morgan fingerprint density at radius 3 is 2.83 bits per heavy atom. The van der Waals surface area contributed by atoms with Crippen molar-refractivity contribution in [3.05, 3.63) is 12.8 Å². The van der Waals surface area contributed by atoms with E-state index >= 15 is 0 Å². The number of hydrogen-bond donors (Lipinski definition) is 1. The minimum atomic E-state index is -2.94. The van der Waals surface area contributed by atoms with Gasteiger partial charge in [0.1, 0.15) is 0 Å². The van der Waals surface area contributed by atoms with Crippen LogP contribution in [-0.2, 0) is 9.53 Å². The van der Waals surface area contributed by atoms with Gasteiger partial charge in [-0.1, -0.05) is 6.58 Å². The third kappa shape index (κ3) is 5.64. The van der Waals surface area contributed by atoms with E-state index in [1.807, 2.05) is 5.32 Å². The van der Waals surface area contributed by atoms with Gasteiger partial charge in [-0.3, -0.25) is 4.79 Å². The molecule has 0 aromatic carbocycles. The van der Waals surface area contributed by atoms with E-state index in [9.17, 15) is 13.6 Å². The molecule has 0 aliphatic rings. The van der Waals surface area contributed by atoms with Gasteiger partial charge in [0, 0.05) is 6.54 Å². The zero-order valence-electron chi connectivity index (χ0n) is 6.56. The summed E-state index contributed by atoms with van der Waals surface area (Å²) < 4.78 is 27.8. The number of carbonyl (C=O) groups is 1. The smallest absolute Gasteiger partial charge is 0.315 e. The zero-order chi connectivity index (χ0) is 9.40. The van der Waals surface area contributed by atoms with Crippen molar-refractivity contribution in [1.29, 1.82) is 0 Å². The van der Waals surface area contributed by atoms with Crippen LogP contribution in [0, 0.1) is 0 Å². The highest BCUT2D eigenvalue weighted by molar-refractivity contribution is 5.78. The van der Waals surface area contributed by atoms with Gasteiger partial charge in [-0.15, -0.1) is 0 Å². The molecule has 0 rings (SSSR count). The molecule has 3 nitrogen and oxygen atoms in total. The van der Waals surface area contributed by atoms with Gasteiger partial charge in [-0.05, 0) is 6.42 Å². The molecule has 0 aromatic heterocycles. The molecule has 12 heavy (non-hydrogen) atoms. The fraction of sp³-hybridized carbons (Fsp3) is 0.571. The van der Waals surface area contributed by atoms with Gasteiger partial charge in [0.05, 0.1) is 12.9 Å². The predicted molar refractivity (Wildman–Crippen MR) is 39.8 cm³/mol. The van der Waals surface area contributed by atoms with Crippen molar-refractivity contribution in [3.8, 4) is 0 Å². The third-order valence-corrected chi connectivity index (χ3v) is 1.05. The fourth-order valence-electron chi connectivity index (χ4n) is 0.528. The molecular weight excluding hydrogens is 168 g/mol. The molecule has 0 atom stereocenters. The van der Waals surface area contributed by atoms with E-state index in [0.29, 0.717) is 13.0 Å². The van der Waals surface area contributed by atoms with Crippen LogP contribution in [0.2, 0.25) is 0 Å². The van der Waals surface area contributed by atoms with E-state index < -0.39 is 12.3 Å². The van der Waals surface area contributed by atoms with Crippen molar-refractivity contribution in [2.24, 2.45) is 0 Å². The van der Waals surface area contributed by atoms with Gasteiger partial charge in [-0.25, -0.2) is 0 Å². The first-order valence-electron chi connectivity index (χ1n) is 3.47. The Balaban J connectivity index is 3.19. The molecule has 0 fully saturated rings. The summed E-state index contributed by atoms with van der Waals surface area (Å²) in [6.45, 7) is 3.85. The molecule has 0 aromatic rings. The quantitative estimate of drug-likeness (QED) is 0.486. The Bertz CT molecular complexity index is 150. The summed E-state index contributed by atoms with van der Waals surface area (Å²) >= 11 is 0. The van der Waals surface area contributed by atoms with Crippen LogP contribution in [0.3, 0.4) is 0 Å². The number of amides is 1. The van der Waals surface area contributed by atoms with E-state index in [2.05, 4.69) is 6.58 Å². The lowest BCUT2D eigenvalue weighted by atomic mass is 10.4. The monoisotopic (exact) mass is 179 g/mol. The lowest BCUT2D eigenvalue weighted by molar-refractivity contribution is -0.131. The average molecular weight is 179 g/mol. The number of rotatable bonds is 6. The Kier molecular flexibility index (Phi) is 5.95. The SMILES string of the molecule is C=COCCCNC(=O)C(F)F. The van der Waals surface area contributed by atoms with Crippen LogP contribution < -0.4 is 5.32 Å². The summed E-state index contributed by atoms with van der Waals surface area (Å²) in [5.41, 5.74) is 0. The molecule has 0 radical (unpaired) electrons. The van der Waals surface area contributed by atoms with Crippen LogP contribution in [0.5, 0.6) is 0 Å². The van der Waals surface area contributed by atoms with Crippen LogP contribution in [0.1, 0.15) is 6.42 Å². The molecule has 0 aliphatic heterocycles. The molecule has 0 heterocycles. The Hall–Kier alpha value is -1.13. The Labute approximate surface area is 69.4 Å². The number of hydrogen-bond acceptors (Lipinski definition) is 2. The molecule has 0 saturated heterocycles. The minimum Gasteiger partial charge on any atom is -0.502 e. The first-order chi connectivity index (χ1) is 5.68. The Morgan fingerprint density at radius 2 is 2.33 bits per heavy atom. The summed E-state index contributed by atoms with van der Waals surface area (Å²) in [4.78, 5) is 10.3. The normalized spacial score (nSPS) is 9.58. The molecule has 5 heteroatoms. The molecule has 1 amide bonds. The number of halogens is 2. The molecule has 0 bridgehead atoms. The summed E-state index contributed by atoms with van der Waals surface area (Å²) in [6, 6.07) is 0. The van der Waals surface area contributed by atoms with Crippen LogP contribution >= 0.6 is 0 Å². The first-order valence-corrected chi connectivity index (χ1v) is 3.47. The molecule has 0 aliphatic carbocycles. The zero-order valence-corrected chi connectivity index (χ0v) is 6.56. The van der Waals surface area contributed by atoms with E-state index in [1.54, 1.807) is 0 Å². The molecule has 0 unspecified atom stereocenters. The highest BCUT2D eigenvalue weighted by Gasteiger charge is 2.13. The average Bonchev–Trinajstić information content (AvgIpc) is 2.03. The van der Waals surface area contributed by atoms with E-state index in [4.69, 9.17) is 4.74 Å². The van der Waals surface area contributed by atoms with Crippen LogP contribution in [0.4, 0.5) is 8.78 Å². The maximum atomic E-state index is 11.5. The summed E-state index contributed by atoms with van der Waals surface area (Å²) in [6.07, 6.45) is -1.19. The molecule has 0 spiro atoms. The van der Waals surface area contributed by atoms with Gasteiger partial charge in [0.15, 0.2) is 0 Å². The molecule has 70 valence electrons. The maximum Gasteiger partial charge on any atom is 0.315 e. The van der Waals surface area contributed by atoms with E-state index in [1.165, 1.54) is 6.26 Å². The number of carbonyl (C=O) groups excluding carboxylic acids is 1. The van der Waals surface area contributed by atoms with Crippen molar-refractivity contribution < 1.29 is 18.3 Å². The second-order valence-electron chi connectivity index (χ2n) is 1.98. The molecular formula is C7H11F2NO2. The molecule has 0 saturated carbocycles. The largest absolute Gasteiger partial charge is 0.502 e. The Morgan fingerprint density at radius 1 is 1.67 bits per heavy atom. The summed E-state index contributed by atoms with van der Waals surface area (Å²) in [5.74, 6) is -1.24. The molecule has 1 N–H and O–H groups in total. The highest BCUT2D eigenvalue weighted by Crippen LogP contribution is 1.90. The lowest BCUT2D eigenvalue weighted by Gasteiger charge is -2.03. The van der Waals surface area contributed by atoms with Crippen molar-refractivity contribution in [1.82, 2.24) is 5.32 Å². The summed E-state index contributed by atoms with van der Waals surface area (Å²) in [7, 11) is 0. The van der Waals surface area contributed by atoms with Crippen molar-refractivity contribution in [3.63, 3.8) is 0 Å². The van der Waals surface area contributed by atoms with E-state index in [-0.39, 0.29) is 6.54 Å². The number of alkyl halides is 2. The number of nitrogens with one attached hydrogen (secondary N) is 1. The number of ether oxygens (including phenoxy) is 1. The van der Waals surface area contributed by atoms with Crippen LogP contribution in [0.25, 0.3) is 0 Å². The third-order valence-electron chi connectivity index (χ3n) is 1.05. The van der Waals surface area contributed by atoms with Gasteiger partial charge >= 0.3 is 6.43 Å². The second-order valence-corrected chi connectivity index (χ2v) is 1.98. The van der Waals surface area contributed by atoms with Crippen molar-refractivity contribution in [2.75, 3.05) is 13.2 Å². The van der Waals surface area contributed by atoms with E-state index in [0.717, 1.165) is 0 Å². The lowest BCUT2D eigenvalue weighted by Crippen LogP contribution is -2.30. The van der Waals surface area contributed by atoms with Crippen molar-refractivity contribution >= 4 is 5.91 Å². The fourth-order valence-corrected chi connectivity index (χ4v) is 0.528. The topological polar surface area (TPSA) is 38.3 Å². The predicted octanol–water partition coefficient (Wildman–Crippen LogP) is 0.918. The summed E-state index contributed by atoms with van der Waals surface area (Å²) in [5, 5.41) is 2.04. The van der Waals surface area contributed by atoms with Gasteiger partial charge < -0.3 is 10.1 Å². The van der Waals surface area contributed by atoms with Gasteiger partial charge in [0.2, 0.25) is 0 Å². The van der Waals surface area contributed by atoms with Crippen LogP contribution in [-0.4, -0.2) is 25.5 Å². The first kappa shape index (κ1) is 10.9. The second kappa shape index (κ2) is 6.57. The van der Waals surface area contributed by atoms with Gasteiger partial charge in [0.25, 0.3) is 5.91 Å². The van der Waals surface area contributed by atoms with Crippen molar-refractivity contribution in [2.45, 2.75) is 12.8 Å².